The van der Waals surface area contributed by atoms with Gasteiger partial charge in [0.05, 0.1) is 6.10 Å². The first-order chi connectivity index (χ1) is 4.83. The van der Waals surface area contributed by atoms with Crippen molar-refractivity contribution >= 4 is 5.78 Å². The molecular weight excluding hydrogens is 128 g/mol. The van der Waals surface area contributed by atoms with Crippen LogP contribution in [0.1, 0.15) is 6.42 Å². The Hall–Kier alpha value is -0.890. The third-order valence-electron chi connectivity index (χ3n) is 1.34. The molecule has 1 aliphatic heterocycles. The van der Waals surface area contributed by atoms with Crippen LogP contribution in [0.2, 0.25) is 0 Å². The molecule has 2 nitrogen and oxygen atoms in total. The Kier molecular flexibility index (Phi) is 2.40. The zero-order chi connectivity index (χ0) is 7.40. The molecule has 0 saturated heterocycles. The van der Waals surface area contributed by atoms with Gasteiger partial charge in [0.2, 0.25) is 0 Å². The van der Waals surface area contributed by atoms with Crippen LogP contribution >= 0.6 is 0 Å². The minimum atomic E-state index is 0.0420. The standard InChI is InChI=1S/C8H10O2/c1-2-3-8-5-4-7(9)6-10-8/h2,4-5,8H,1,3,6H2/t8-/m0/s1. The Bertz CT molecular complexity index is 170. The van der Waals surface area contributed by atoms with E-state index >= 15 is 0 Å². The molecule has 54 valence electrons. The highest BCUT2D eigenvalue weighted by molar-refractivity contribution is 5.91. The maximum Gasteiger partial charge on any atom is 0.181 e. The van der Waals surface area contributed by atoms with Crippen LogP contribution in [-0.4, -0.2) is 18.5 Å². The molecular formula is C8H10O2. The molecule has 0 spiro atoms. The fourth-order valence-corrected chi connectivity index (χ4v) is 0.818. The van der Waals surface area contributed by atoms with Gasteiger partial charge in [-0.1, -0.05) is 12.2 Å². The largest absolute Gasteiger partial charge is 0.366 e. The van der Waals surface area contributed by atoms with Crippen molar-refractivity contribution in [1.82, 2.24) is 0 Å². The summed E-state index contributed by atoms with van der Waals surface area (Å²) in [5.74, 6) is 0.0420. The van der Waals surface area contributed by atoms with E-state index in [2.05, 4.69) is 6.58 Å². The molecule has 1 heterocycles. The van der Waals surface area contributed by atoms with Gasteiger partial charge in [0.1, 0.15) is 6.61 Å². The van der Waals surface area contributed by atoms with Crippen molar-refractivity contribution < 1.29 is 9.53 Å². The Morgan fingerprint density at radius 1 is 1.90 bits per heavy atom. The van der Waals surface area contributed by atoms with E-state index in [0.717, 1.165) is 6.42 Å². The summed E-state index contributed by atoms with van der Waals surface area (Å²) in [7, 11) is 0. The van der Waals surface area contributed by atoms with Gasteiger partial charge in [-0.3, -0.25) is 4.79 Å². The SMILES string of the molecule is C=CC[C@H]1C=CC(=O)CO1. The molecule has 0 aromatic carbocycles. The molecule has 2 heteroatoms. The Morgan fingerprint density at radius 3 is 3.20 bits per heavy atom. The molecule has 0 aliphatic carbocycles. The van der Waals surface area contributed by atoms with Crippen LogP contribution in [0.15, 0.2) is 24.8 Å². The zero-order valence-corrected chi connectivity index (χ0v) is 5.75. The first kappa shape index (κ1) is 7.22. The van der Waals surface area contributed by atoms with E-state index in [1.807, 2.05) is 0 Å². The average molecular weight is 138 g/mol. The van der Waals surface area contributed by atoms with E-state index in [-0.39, 0.29) is 18.5 Å². The summed E-state index contributed by atoms with van der Waals surface area (Å²) in [5.41, 5.74) is 0. The minimum absolute atomic E-state index is 0.0420. The van der Waals surface area contributed by atoms with Gasteiger partial charge in [-0.2, -0.15) is 0 Å². The van der Waals surface area contributed by atoms with Gasteiger partial charge < -0.3 is 4.74 Å². The molecule has 1 aliphatic rings. The predicted octanol–water partition coefficient (Wildman–Crippen LogP) is 1.09. The van der Waals surface area contributed by atoms with Crippen molar-refractivity contribution in [3.05, 3.63) is 24.8 Å². The van der Waals surface area contributed by atoms with Gasteiger partial charge in [-0.15, -0.1) is 6.58 Å². The van der Waals surface area contributed by atoms with Gasteiger partial charge in [-0.25, -0.2) is 0 Å². The third kappa shape index (κ3) is 1.81. The predicted molar refractivity (Wildman–Crippen MR) is 38.7 cm³/mol. The second-order valence-corrected chi connectivity index (χ2v) is 2.20. The lowest BCUT2D eigenvalue weighted by molar-refractivity contribution is -0.121. The second-order valence-electron chi connectivity index (χ2n) is 2.20. The minimum Gasteiger partial charge on any atom is -0.366 e. The molecule has 0 aromatic rings. The first-order valence-corrected chi connectivity index (χ1v) is 3.26. The normalized spacial score (nSPS) is 24.8. The lowest BCUT2D eigenvalue weighted by Gasteiger charge is -2.14. The summed E-state index contributed by atoms with van der Waals surface area (Å²) < 4.78 is 5.12. The molecule has 0 fully saturated rings. The molecule has 0 bridgehead atoms. The Morgan fingerprint density at radius 2 is 2.70 bits per heavy atom. The third-order valence-corrected chi connectivity index (χ3v) is 1.34. The molecule has 0 unspecified atom stereocenters. The number of carbonyl (C=O) groups excluding carboxylic acids is 1. The van der Waals surface area contributed by atoms with Gasteiger partial charge >= 0.3 is 0 Å². The lowest BCUT2D eigenvalue weighted by atomic mass is 10.2. The van der Waals surface area contributed by atoms with E-state index in [1.165, 1.54) is 0 Å². The summed E-state index contributed by atoms with van der Waals surface area (Å²) in [6.07, 6.45) is 5.97. The highest BCUT2D eigenvalue weighted by Gasteiger charge is 2.10. The van der Waals surface area contributed by atoms with Crippen molar-refractivity contribution in [2.24, 2.45) is 0 Å². The molecule has 0 saturated carbocycles. The van der Waals surface area contributed by atoms with E-state index in [1.54, 1.807) is 18.2 Å². The van der Waals surface area contributed by atoms with Crippen molar-refractivity contribution in [2.75, 3.05) is 6.61 Å². The number of carbonyl (C=O) groups is 1. The van der Waals surface area contributed by atoms with E-state index in [0.29, 0.717) is 0 Å². The summed E-state index contributed by atoms with van der Waals surface area (Å²) >= 11 is 0. The van der Waals surface area contributed by atoms with Crippen LogP contribution in [0.3, 0.4) is 0 Å². The monoisotopic (exact) mass is 138 g/mol. The summed E-state index contributed by atoms with van der Waals surface area (Å²) in [4.78, 5) is 10.6. The van der Waals surface area contributed by atoms with E-state index in [9.17, 15) is 4.79 Å². The van der Waals surface area contributed by atoms with E-state index < -0.39 is 0 Å². The quantitative estimate of drug-likeness (QED) is 0.534. The summed E-state index contributed by atoms with van der Waals surface area (Å²) in [5, 5.41) is 0. The van der Waals surface area contributed by atoms with E-state index in [4.69, 9.17) is 4.74 Å². The fraction of sp³-hybridized carbons (Fsp3) is 0.375. The zero-order valence-electron chi connectivity index (χ0n) is 5.75. The highest BCUT2D eigenvalue weighted by Crippen LogP contribution is 2.05. The molecule has 0 amide bonds. The Labute approximate surface area is 60.2 Å². The maximum absolute atomic E-state index is 10.6. The van der Waals surface area contributed by atoms with Gasteiger partial charge in [0.15, 0.2) is 5.78 Å². The second kappa shape index (κ2) is 3.32. The molecule has 1 rings (SSSR count). The van der Waals surface area contributed by atoms with Crippen LogP contribution in [0.25, 0.3) is 0 Å². The van der Waals surface area contributed by atoms with Crippen molar-refractivity contribution in [1.29, 1.82) is 0 Å². The smallest absolute Gasteiger partial charge is 0.181 e. The van der Waals surface area contributed by atoms with Crippen LogP contribution in [0, 0.1) is 0 Å². The number of hydrogen-bond donors (Lipinski definition) is 0. The van der Waals surface area contributed by atoms with Gasteiger partial charge in [0, 0.05) is 0 Å². The summed E-state index contributed by atoms with van der Waals surface area (Å²) in [6.45, 7) is 3.79. The van der Waals surface area contributed by atoms with Gasteiger partial charge in [0.25, 0.3) is 0 Å². The molecule has 0 N–H and O–H groups in total. The highest BCUT2D eigenvalue weighted by atomic mass is 16.5. The number of hydrogen-bond acceptors (Lipinski definition) is 2. The Balaban J connectivity index is 2.44. The first-order valence-electron chi connectivity index (χ1n) is 3.26. The van der Waals surface area contributed by atoms with Crippen molar-refractivity contribution in [3.63, 3.8) is 0 Å². The summed E-state index contributed by atoms with van der Waals surface area (Å²) in [6, 6.07) is 0. The molecule has 10 heavy (non-hydrogen) atoms. The van der Waals surface area contributed by atoms with Crippen LogP contribution in [-0.2, 0) is 9.53 Å². The van der Waals surface area contributed by atoms with Gasteiger partial charge in [-0.05, 0) is 12.5 Å². The molecule has 1 atom stereocenters. The van der Waals surface area contributed by atoms with Crippen molar-refractivity contribution in [2.45, 2.75) is 12.5 Å². The topological polar surface area (TPSA) is 26.3 Å². The fourth-order valence-electron chi connectivity index (χ4n) is 0.818. The van der Waals surface area contributed by atoms with Crippen molar-refractivity contribution in [3.8, 4) is 0 Å². The lowest BCUT2D eigenvalue weighted by Crippen LogP contribution is -2.19. The number of rotatable bonds is 2. The molecule has 0 radical (unpaired) electrons. The number of ether oxygens (including phenoxy) is 1. The van der Waals surface area contributed by atoms with Crippen LogP contribution in [0.4, 0.5) is 0 Å². The van der Waals surface area contributed by atoms with Crippen LogP contribution < -0.4 is 0 Å². The van der Waals surface area contributed by atoms with Crippen LogP contribution in [0.5, 0.6) is 0 Å². The average Bonchev–Trinajstić information content (AvgIpc) is 1.95. The maximum atomic E-state index is 10.6. The number of ketones is 1. The molecule has 0 aromatic heterocycles.